The maximum absolute atomic E-state index is 6.81. The predicted octanol–water partition coefficient (Wildman–Crippen LogP) is 5.20. The molecule has 5 heteroatoms. The van der Waals surface area contributed by atoms with E-state index in [0.717, 1.165) is 36.8 Å². The number of nitrogens with zero attached hydrogens (tertiary/aromatic N) is 3. The summed E-state index contributed by atoms with van der Waals surface area (Å²) in [5, 5.41) is 5.18. The maximum Gasteiger partial charge on any atom is 0.176 e. The van der Waals surface area contributed by atoms with Crippen LogP contribution in [0, 0.1) is 50.7 Å². The number of hydrogen-bond donors (Lipinski definition) is 0. The fraction of sp³-hybridized carbons (Fsp3) is 0.946. The number of aromatic nitrogens is 3. The molecule has 4 nitrogen and oxygen atoms in total. The Labute approximate surface area is 274 Å². The summed E-state index contributed by atoms with van der Waals surface area (Å²) in [6.07, 6.45) is 18.2. The highest BCUT2D eigenvalue weighted by molar-refractivity contribution is 5.30. The quantitative estimate of drug-likeness (QED) is 0.242. The Morgan fingerprint density at radius 1 is 0.857 bits per heavy atom. The lowest BCUT2D eigenvalue weighted by Crippen LogP contribution is -3.00. The van der Waals surface area contributed by atoms with Gasteiger partial charge in [-0.05, 0) is 115 Å². The van der Waals surface area contributed by atoms with Gasteiger partial charge in [0.15, 0.2) is 11.4 Å². The summed E-state index contributed by atoms with van der Waals surface area (Å²) >= 11 is 0. The second kappa shape index (κ2) is 10.2. The van der Waals surface area contributed by atoms with Crippen molar-refractivity contribution in [2.24, 2.45) is 57.8 Å². The third-order valence-electron chi connectivity index (χ3n) is 15.8. The molecule has 6 aliphatic rings. The van der Waals surface area contributed by atoms with Crippen LogP contribution in [-0.4, -0.2) is 22.6 Å². The van der Waals surface area contributed by atoms with E-state index in [1.807, 2.05) is 0 Å². The molecule has 238 valence electrons. The molecule has 0 spiro atoms. The van der Waals surface area contributed by atoms with Crippen molar-refractivity contribution < 1.29 is 33.4 Å². The van der Waals surface area contributed by atoms with Gasteiger partial charge in [-0.25, -0.2) is 0 Å². The van der Waals surface area contributed by atoms with E-state index in [-0.39, 0.29) is 29.4 Å². The number of hydrogen-bond acceptors (Lipinski definition) is 2. The van der Waals surface area contributed by atoms with Gasteiger partial charge < -0.3 is 28.7 Å². The van der Waals surface area contributed by atoms with Gasteiger partial charge in [-0.15, -0.1) is 9.36 Å². The lowest BCUT2D eigenvalue weighted by atomic mass is 9.31. The summed E-state index contributed by atoms with van der Waals surface area (Å²) in [5.41, 5.74) is 5.26. The summed E-state index contributed by atoms with van der Waals surface area (Å²) in [6.45, 7) is 23.0. The standard InChI is InChI=1S/C37H62N3O.HI/c1-10-11-12-13-22-40-30-26(39(9)38-40)23-34(6)27(33(30,4)5)16-17-36(8)28(34)15-14-25-29-31-32(2,3)18-20-37(29,24-41-31)21-19-35(25,36)7;/h25,27-29,31H,10-24H2,1-9H3;1H/q+1;/p-1/t25-,27+,28-,29+,31-,34+,35-,36-,37-;/m1./s1. The van der Waals surface area contributed by atoms with Crippen LogP contribution in [0.5, 0.6) is 0 Å². The van der Waals surface area contributed by atoms with E-state index in [0.29, 0.717) is 33.2 Å². The lowest BCUT2D eigenvalue weighted by Gasteiger charge is -2.72. The van der Waals surface area contributed by atoms with Crippen molar-refractivity contribution in [1.82, 2.24) is 9.90 Å². The highest BCUT2D eigenvalue weighted by Crippen LogP contribution is 2.77. The zero-order chi connectivity index (χ0) is 29.2. The van der Waals surface area contributed by atoms with E-state index in [4.69, 9.17) is 9.95 Å². The van der Waals surface area contributed by atoms with Gasteiger partial charge in [0.2, 0.25) is 0 Å². The third-order valence-corrected chi connectivity index (χ3v) is 15.8. The first-order chi connectivity index (χ1) is 19.3. The molecular weight excluding hydrogens is 629 g/mol. The SMILES string of the molecule is CCCCCC[n+]1nn(C)c2c1C(C)(C)[C@@H]1CC[C@]3(C)[C@H](CC[C@@H]4[C@H]5[C@H]6OC[C@@]5(CCC6(C)C)CC[C@]43C)[C@@]1(C)C2.[I-]. The summed E-state index contributed by atoms with van der Waals surface area (Å²) in [4.78, 5) is 0. The lowest BCUT2D eigenvalue weighted by molar-refractivity contribution is -0.765. The van der Waals surface area contributed by atoms with Crippen LogP contribution in [0.4, 0.5) is 0 Å². The maximum atomic E-state index is 6.81. The molecule has 7 rings (SSSR count). The van der Waals surface area contributed by atoms with Crippen LogP contribution in [0.1, 0.15) is 144 Å². The molecular formula is C37H62IN3O. The number of rotatable bonds is 5. The van der Waals surface area contributed by atoms with Gasteiger partial charge in [-0.3, -0.25) is 0 Å². The predicted molar refractivity (Wildman–Crippen MR) is 165 cm³/mol. The molecule has 4 saturated carbocycles. The molecule has 5 aliphatic carbocycles. The summed E-state index contributed by atoms with van der Waals surface area (Å²) in [5.74, 6) is 3.14. The minimum atomic E-state index is 0. The third kappa shape index (κ3) is 3.98. The molecule has 1 aliphatic heterocycles. The molecule has 2 bridgehead atoms. The molecule has 5 fully saturated rings. The molecule has 2 heterocycles. The molecule has 9 atom stereocenters. The van der Waals surface area contributed by atoms with Crippen molar-refractivity contribution in [2.45, 2.75) is 157 Å². The first-order valence-corrected chi connectivity index (χ1v) is 17.8. The molecule has 0 aromatic carbocycles. The fourth-order valence-corrected chi connectivity index (χ4v) is 13.6. The van der Waals surface area contributed by atoms with E-state index >= 15 is 0 Å². The Hall–Kier alpha value is -0.170. The monoisotopic (exact) mass is 691 g/mol. The molecule has 0 radical (unpaired) electrons. The van der Waals surface area contributed by atoms with E-state index in [1.54, 1.807) is 11.4 Å². The van der Waals surface area contributed by atoms with Crippen molar-refractivity contribution >= 4 is 0 Å². The Kier molecular flexibility index (Phi) is 7.70. The minimum absolute atomic E-state index is 0. The van der Waals surface area contributed by atoms with Crippen molar-refractivity contribution in [3.05, 3.63) is 11.4 Å². The van der Waals surface area contributed by atoms with Crippen LogP contribution in [0.2, 0.25) is 0 Å². The van der Waals surface area contributed by atoms with Crippen molar-refractivity contribution in [1.29, 1.82) is 0 Å². The van der Waals surface area contributed by atoms with Gasteiger partial charge in [0, 0.05) is 11.8 Å². The van der Waals surface area contributed by atoms with Crippen molar-refractivity contribution in [2.75, 3.05) is 6.61 Å². The topological polar surface area (TPSA) is 30.9 Å². The second-order valence-electron chi connectivity index (χ2n) is 18.3. The molecule has 1 aromatic rings. The Bertz CT molecular complexity index is 1210. The molecule has 1 saturated heterocycles. The fourth-order valence-electron chi connectivity index (χ4n) is 13.6. The number of unbranched alkanes of at least 4 members (excludes halogenated alkanes) is 3. The molecule has 0 amide bonds. The van der Waals surface area contributed by atoms with Crippen molar-refractivity contribution in [3.63, 3.8) is 0 Å². The minimum Gasteiger partial charge on any atom is -1.00 e. The highest BCUT2D eigenvalue weighted by Gasteiger charge is 2.73. The summed E-state index contributed by atoms with van der Waals surface area (Å²) in [7, 11) is 2.24. The van der Waals surface area contributed by atoms with E-state index in [1.165, 1.54) is 83.5 Å². The second-order valence-corrected chi connectivity index (χ2v) is 18.3. The summed E-state index contributed by atoms with van der Waals surface area (Å²) in [6, 6.07) is 0. The van der Waals surface area contributed by atoms with Gasteiger partial charge in [0.25, 0.3) is 0 Å². The zero-order valence-corrected chi connectivity index (χ0v) is 30.8. The van der Waals surface area contributed by atoms with Crippen LogP contribution in [-0.2, 0) is 30.2 Å². The van der Waals surface area contributed by atoms with Crippen LogP contribution in [0.25, 0.3) is 0 Å². The van der Waals surface area contributed by atoms with Crippen LogP contribution in [0.15, 0.2) is 0 Å². The van der Waals surface area contributed by atoms with Gasteiger partial charge in [0.05, 0.1) is 17.9 Å². The first-order valence-electron chi connectivity index (χ1n) is 17.8. The van der Waals surface area contributed by atoms with E-state index < -0.39 is 0 Å². The molecule has 0 unspecified atom stereocenters. The Morgan fingerprint density at radius 3 is 2.33 bits per heavy atom. The van der Waals surface area contributed by atoms with Gasteiger partial charge in [-0.2, -0.15) is 0 Å². The zero-order valence-electron chi connectivity index (χ0n) is 28.6. The number of ether oxygens (including phenoxy) is 1. The largest absolute Gasteiger partial charge is 1.00 e. The average Bonchev–Trinajstić information content (AvgIpc) is 3.40. The first kappa shape index (κ1) is 31.8. The van der Waals surface area contributed by atoms with Gasteiger partial charge in [-0.1, -0.05) is 68.2 Å². The Morgan fingerprint density at radius 2 is 1.60 bits per heavy atom. The smallest absolute Gasteiger partial charge is 0.176 e. The number of aryl methyl sites for hydroxylation is 2. The molecule has 42 heavy (non-hydrogen) atoms. The highest BCUT2D eigenvalue weighted by atomic mass is 127. The van der Waals surface area contributed by atoms with Crippen LogP contribution < -0.4 is 28.7 Å². The number of halogens is 1. The van der Waals surface area contributed by atoms with Crippen LogP contribution in [0.3, 0.4) is 0 Å². The Balaban J connectivity index is 0.00000316. The van der Waals surface area contributed by atoms with E-state index in [9.17, 15) is 0 Å². The molecule has 0 N–H and O–H groups in total. The average molecular weight is 692 g/mol. The summed E-state index contributed by atoms with van der Waals surface area (Å²) < 4.78 is 11.5. The molecule has 1 aromatic heterocycles. The normalized spacial score (nSPS) is 46.0. The van der Waals surface area contributed by atoms with Crippen molar-refractivity contribution in [3.8, 4) is 0 Å². The number of fused-ring (bicyclic) bond motifs is 6. The van der Waals surface area contributed by atoms with Gasteiger partial charge in [0.1, 0.15) is 13.6 Å². The van der Waals surface area contributed by atoms with Gasteiger partial charge >= 0.3 is 0 Å². The van der Waals surface area contributed by atoms with E-state index in [2.05, 4.69) is 71.8 Å². The van der Waals surface area contributed by atoms with Crippen LogP contribution >= 0.6 is 0 Å².